The van der Waals surface area contributed by atoms with Crippen molar-refractivity contribution in [1.82, 2.24) is 0 Å². The van der Waals surface area contributed by atoms with Crippen molar-refractivity contribution in [3.63, 3.8) is 0 Å². The highest BCUT2D eigenvalue weighted by molar-refractivity contribution is 6.74. The van der Waals surface area contributed by atoms with Crippen LogP contribution >= 0.6 is 0 Å². The predicted molar refractivity (Wildman–Crippen MR) is 113 cm³/mol. The van der Waals surface area contributed by atoms with Gasteiger partial charge >= 0.3 is 5.97 Å². The van der Waals surface area contributed by atoms with Crippen molar-refractivity contribution >= 4 is 14.3 Å². The average Bonchev–Trinajstić information content (AvgIpc) is 2.63. The summed E-state index contributed by atoms with van der Waals surface area (Å²) in [7, 11) is -2.12. The zero-order chi connectivity index (χ0) is 21.3. The summed E-state index contributed by atoms with van der Waals surface area (Å²) < 4.78 is 32.1. The zero-order valence-electron chi connectivity index (χ0n) is 18.1. The van der Waals surface area contributed by atoms with Gasteiger partial charge in [-0.2, -0.15) is 0 Å². The van der Waals surface area contributed by atoms with Gasteiger partial charge in [-0.1, -0.05) is 51.1 Å². The van der Waals surface area contributed by atoms with E-state index in [-0.39, 0.29) is 31.3 Å². The molecular formula is C22H35FO4Si. The van der Waals surface area contributed by atoms with E-state index in [0.717, 1.165) is 11.6 Å². The molecule has 0 saturated carbocycles. The van der Waals surface area contributed by atoms with Gasteiger partial charge in [0, 0.05) is 12.5 Å². The molecule has 0 radical (unpaired) electrons. The van der Waals surface area contributed by atoms with Gasteiger partial charge < -0.3 is 13.9 Å². The zero-order valence-corrected chi connectivity index (χ0v) is 19.1. The summed E-state index contributed by atoms with van der Waals surface area (Å²) in [6, 6.07) is 9.74. The largest absolute Gasteiger partial charge is 0.463 e. The molecule has 0 saturated heterocycles. The standard InChI is InChI=1S/C22H35FO4Si/c1-7-26-20(24)13-14-22(23,18-27-28(5,6)21(2,3)4)15-16-25-17-19-11-9-8-10-12-19/h8-14H,7,15-18H2,1-6H3/b14-13+/t22-/m0/s1. The van der Waals surface area contributed by atoms with Crippen LogP contribution < -0.4 is 0 Å². The maximum Gasteiger partial charge on any atom is 0.330 e. The SMILES string of the molecule is CCOC(=O)/C=C/[C@](F)(CCOCc1ccccc1)CO[Si](C)(C)C(C)(C)C. The third kappa shape index (κ3) is 8.67. The molecule has 0 bridgehead atoms. The van der Waals surface area contributed by atoms with E-state index in [1.807, 2.05) is 30.3 Å². The van der Waals surface area contributed by atoms with Gasteiger partial charge in [0.05, 0.1) is 26.4 Å². The van der Waals surface area contributed by atoms with Crippen molar-refractivity contribution in [3.05, 3.63) is 48.0 Å². The average molecular weight is 411 g/mol. The van der Waals surface area contributed by atoms with Gasteiger partial charge in [-0.3, -0.25) is 0 Å². The first-order valence-electron chi connectivity index (χ1n) is 9.80. The van der Waals surface area contributed by atoms with E-state index >= 15 is 4.39 Å². The molecule has 28 heavy (non-hydrogen) atoms. The van der Waals surface area contributed by atoms with Crippen LogP contribution in [0.3, 0.4) is 0 Å². The maximum atomic E-state index is 15.6. The Hall–Kier alpha value is -1.50. The van der Waals surface area contributed by atoms with Crippen LogP contribution in [0.5, 0.6) is 0 Å². The van der Waals surface area contributed by atoms with Crippen molar-refractivity contribution in [1.29, 1.82) is 0 Å². The molecule has 1 atom stereocenters. The van der Waals surface area contributed by atoms with Crippen LogP contribution in [-0.4, -0.2) is 39.8 Å². The topological polar surface area (TPSA) is 44.8 Å². The van der Waals surface area contributed by atoms with Crippen LogP contribution in [-0.2, 0) is 25.3 Å². The Morgan fingerprint density at radius 3 is 2.39 bits per heavy atom. The Kier molecular flexibility index (Phi) is 9.54. The van der Waals surface area contributed by atoms with Crippen molar-refractivity contribution in [2.24, 2.45) is 0 Å². The predicted octanol–water partition coefficient (Wildman–Crippen LogP) is 5.44. The molecule has 0 unspecified atom stereocenters. The fourth-order valence-corrected chi connectivity index (χ4v) is 3.17. The molecule has 1 rings (SSSR count). The lowest BCUT2D eigenvalue weighted by Gasteiger charge is -2.38. The maximum absolute atomic E-state index is 15.6. The Labute approximate surface area is 170 Å². The van der Waals surface area contributed by atoms with Gasteiger partial charge in [0.15, 0.2) is 14.0 Å². The Morgan fingerprint density at radius 2 is 1.82 bits per heavy atom. The molecule has 158 valence electrons. The molecule has 4 nitrogen and oxygen atoms in total. The van der Waals surface area contributed by atoms with Crippen LogP contribution in [0, 0.1) is 0 Å². The molecule has 0 aromatic heterocycles. The van der Waals surface area contributed by atoms with Crippen LogP contribution in [0.15, 0.2) is 42.5 Å². The summed E-state index contributed by atoms with van der Waals surface area (Å²) in [6.07, 6.45) is 2.50. The number of hydrogen-bond acceptors (Lipinski definition) is 4. The highest BCUT2D eigenvalue weighted by Gasteiger charge is 2.40. The van der Waals surface area contributed by atoms with Crippen LogP contribution in [0.1, 0.15) is 39.7 Å². The van der Waals surface area contributed by atoms with Crippen molar-refractivity contribution in [2.75, 3.05) is 19.8 Å². The molecule has 1 aromatic carbocycles. The Morgan fingerprint density at radius 1 is 1.18 bits per heavy atom. The van der Waals surface area contributed by atoms with Crippen molar-refractivity contribution in [2.45, 2.75) is 64.5 Å². The number of hydrogen-bond donors (Lipinski definition) is 0. The van der Waals surface area contributed by atoms with E-state index in [0.29, 0.717) is 6.61 Å². The number of rotatable bonds is 11. The number of esters is 1. The molecule has 0 N–H and O–H groups in total. The minimum Gasteiger partial charge on any atom is -0.463 e. The first-order valence-corrected chi connectivity index (χ1v) is 12.7. The van der Waals surface area contributed by atoms with Crippen LogP contribution in [0.4, 0.5) is 4.39 Å². The summed E-state index contributed by atoms with van der Waals surface area (Å²) in [5, 5.41) is -0.0252. The van der Waals surface area contributed by atoms with E-state index in [2.05, 4.69) is 33.9 Å². The molecule has 0 spiro atoms. The molecular weight excluding hydrogens is 375 g/mol. The minimum atomic E-state index is -2.12. The molecule has 1 aromatic rings. The molecule has 0 aliphatic heterocycles. The van der Waals surface area contributed by atoms with Gasteiger partial charge in [-0.15, -0.1) is 0 Å². The quantitative estimate of drug-likeness (QED) is 0.211. The highest BCUT2D eigenvalue weighted by atomic mass is 28.4. The van der Waals surface area contributed by atoms with Gasteiger partial charge in [-0.05, 0) is 36.7 Å². The normalized spacial score (nSPS) is 14.8. The van der Waals surface area contributed by atoms with Crippen LogP contribution in [0.25, 0.3) is 0 Å². The number of benzene rings is 1. The van der Waals surface area contributed by atoms with Crippen LogP contribution in [0.2, 0.25) is 18.1 Å². The van der Waals surface area contributed by atoms with E-state index in [9.17, 15) is 4.79 Å². The smallest absolute Gasteiger partial charge is 0.330 e. The molecule has 0 aliphatic carbocycles. The highest BCUT2D eigenvalue weighted by Crippen LogP contribution is 2.37. The molecule has 0 aliphatic rings. The molecule has 0 heterocycles. The van der Waals surface area contributed by atoms with Gasteiger partial charge in [0.25, 0.3) is 0 Å². The molecule has 0 fully saturated rings. The summed E-state index contributed by atoms with van der Waals surface area (Å²) in [5.41, 5.74) is -0.759. The van der Waals surface area contributed by atoms with E-state index in [4.69, 9.17) is 13.9 Å². The Bertz CT molecular complexity index is 625. The summed E-state index contributed by atoms with van der Waals surface area (Å²) in [5.74, 6) is -0.554. The second-order valence-electron chi connectivity index (χ2n) is 8.46. The lowest BCUT2D eigenvalue weighted by Crippen LogP contribution is -2.44. The molecule has 6 heteroatoms. The van der Waals surface area contributed by atoms with Gasteiger partial charge in [0.1, 0.15) is 0 Å². The first kappa shape index (κ1) is 24.5. The fraction of sp³-hybridized carbons (Fsp3) is 0.591. The number of alkyl halides is 1. The second-order valence-corrected chi connectivity index (χ2v) is 13.3. The number of carbonyl (C=O) groups is 1. The van der Waals surface area contributed by atoms with Gasteiger partial charge in [0.2, 0.25) is 0 Å². The minimum absolute atomic E-state index is 0.0252. The number of carbonyl (C=O) groups excluding carboxylic acids is 1. The van der Waals surface area contributed by atoms with Gasteiger partial charge in [-0.25, -0.2) is 9.18 Å². The fourth-order valence-electron chi connectivity index (χ4n) is 2.13. The van der Waals surface area contributed by atoms with E-state index < -0.39 is 20.0 Å². The first-order chi connectivity index (χ1) is 13.0. The Balaban J connectivity index is 2.72. The summed E-state index contributed by atoms with van der Waals surface area (Å²) >= 11 is 0. The molecule has 0 amide bonds. The summed E-state index contributed by atoms with van der Waals surface area (Å²) in [6.45, 7) is 13.0. The number of halogens is 1. The lowest BCUT2D eigenvalue weighted by molar-refractivity contribution is -0.137. The van der Waals surface area contributed by atoms with E-state index in [1.54, 1.807) is 6.92 Å². The van der Waals surface area contributed by atoms with Crippen molar-refractivity contribution in [3.8, 4) is 0 Å². The third-order valence-corrected chi connectivity index (χ3v) is 9.54. The lowest BCUT2D eigenvalue weighted by atomic mass is 10.0. The number of ether oxygens (including phenoxy) is 2. The van der Waals surface area contributed by atoms with E-state index in [1.165, 1.54) is 6.08 Å². The van der Waals surface area contributed by atoms with Crippen molar-refractivity contribution < 1.29 is 23.1 Å². The second kappa shape index (κ2) is 10.9. The third-order valence-electron chi connectivity index (χ3n) is 5.06. The summed E-state index contributed by atoms with van der Waals surface area (Å²) in [4.78, 5) is 11.6. The monoisotopic (exact) mass is 410 g/mol.